The van der Waals surface area contributed by atoms with E-state index in [2.05, 4.69) is 15.2 Å². The summed E-state index contributed by atoms with van der Waals surface area (Å²) in [6.45, 7) is -0.0838. The molecule has 4 rings (SSSR count). The molecule has 2 aromatic heterocycles. The Bertz CT molecular complexity index is 993. The maximum atomic E-state index is 12.2. The third kappa shape index (κ3) is 3.36. The summed E-state index contributed by atoms with van der Waals surface area (Å²) < 4.78 is 12.1. The normalized spacial score (nSPS) is 10.6. The maximum Gasteiger partial charge on any atom is 0.338 e. The third-order valence-corrected chi connectivity index (χ3v) is 3.70. The minimum Gasteiger partial charge on any atom is -0.452 e. The Balaban J connectivity index is 1.39. The van der Waals surface area contributed by atoms with E-state index < -0.39 is 5.97 Å². The second-order valence-corrected chi connectivity index (χ2v) is 5.45. The lowest BCUT2D eigenvalue weighted by atomic mass is 10.2. The smallest absolute Gasteiger partial charge is 0.338 e. The van der Waals surface area contributed by atoms with Crippen LogP contribution in [-0.4, -0.2) is 25.9 Å². The van der Waals surface area contributed by atoms with Gasteiger partial charge in [0.1, 0.15) is 0 Å². The van der Waals surface area contributed by atoms with Crippen LogP contribution in [0.3, 0.4) is 0 Å². The van der Waals surface area contributed by atoms with Crippen molar-refractivity contribution in [2.45, 2.75) is 6.61 Å². The van der Waals surface area contributed by atoms with Crippen molar-refractivity contribution in [3.05, 3.63) is 84.5 Å². The van der Waals surface area contributed by atoms with Gasteiger partial charge in [0.05, 0.1) is 11.3 Å². The van der Waals surface area contributed by atoms with Crippen molar-refractivity contribution < 1.29 is 14.1 Å². The second kappa shape index (κ2) is 7.02. The van der Waals surface area contributed by atoms with Crippen LogP contribution in [-0.2, 0) is 11.3 Å². The molecule has 0 amide bonds. The average molecular weight is 346 g/mol. The van der Waals surface area contributed by atoms with E-state index in [9.17, 15) is 4.79 Å². The first-order valence-electron chi connectivity index (χ1n) is 7.95. The van der Waals surface area contributed by atoms with Gasteiger partial charge in [-0.15, -0.1) is 0 Å². The van der Waals surface area contributed by atoms with E-state index in [1.807, 2.05) is 42.6 Å². The van der Waals surface area contributed by atoms with Crippen LogP contribution < -0.4 is 0 Å². The Morgan fingerprint density at radius 2 is 1.85 bits per heavy atom. The van der Waals surface area contributed by atoms with Crippen molar-refractivity contribution in [2.24, 2.45) is 0 Å². The molecule has 0 saturated carbocycles. The highest BCUT2D eigenvalue weighted by molar-refractivity contribution is 5.89. The molecule has 0 atom stereocenters. The lowest BCUT2D eigenvalue weighted by Gasteiger charge is -2.04. The van der Waals surface area contributed by atoms with Gasteiger partial charge in [-0.05, 0) is 30.3 Å². The maximum absolute atomic E-state index is 12.2. The quantitative estimate of drug-likeness (QED) is 0.516. The molecule has 2 heterocycles. The van der Waals surface area contributed by atoms with Gasteiger partial charge in [-0.25, -0.2) is 9.48 Å². The summed E-state index contributed by atoms with van der Waals surface area (Å²) in [5.41, 5.74) is 2.13. The predicted molar refractivity (Wildman–Crippen MR) is 92.4 cm³/mol. The van der Waals surface area contributed by atoms with Gasteiger partial charge >= 0.3 is 5.97 Å². The number of benzene rings is 2. The van der Waals surface area contributed by atoms with Crippen LogP contribution in [0.25, 0.3) is 17.1 Å². The third-order valence-electron chi connectivity index (χ3n) is 3.70. The van der Waals surface area contributed by atoms with E-state index in [0.717, 1.165) is 11.3 Å². The van der Waals surface area contributed by atoms with Gasteiger partial charge < -0.3 is 9.26 Å². The monoisotopic (exact) mass is 346 g/mol. The fourth-order valence-electron chi connectivity index (χ4n) is 2.40. The first kappa shape index (κ1) is 15.8. The van der Waals surface area contributed by atoms with E-state index in [-0.39, 0.29) is 12.5 Å². The summed E-state index contributed by atoms with van der Waals surface area (Å²) in [6, 6.07) is 18.2. The molecule has 0 unspecified atom stereocenters. The zero-order valence-electron chi connectivity index (χ0n) is 13.6. The van der Waals surface area contributed by atoms with Crippen molar-refractivity contribution in [3.8, 4) is 17.1 Å². The van der Waals surface area contributed by atoms with E-state index in [1.54, 1.807) is 35.1 Å². The summed E-state index contributed by atoms with van der Waals surface area (Å²) >= 11 is 0. The SMILES string of the molecule is O=C(OCc1nc(-c2ccccc2)no1)c1ccc(-n2cccn2)cc1. The molecule has 0 radical (unpaired) electrons. The lowest BCUT2D eigenvalue weighted by molar-refractivity contribution is 0.0430. The molecule has 128 valence electrons. The van der Waals surface area contributed by atoms with Crippen molar-refractivity contribution in [1.29, 1.82) is 0 Å². The molecule has 26 heavy (non-hydrogen) atoms. The van der Waals surface area contributed by atoms with Crippen LogP contribution in [0.4, 0.5) is 0 Å². The summed E-state index contributed by atoms with van der Waals surface area (Å²) in [4.78, 5) is 16.4. The molecule has 0 fully saturated rings. The molecule has 0 aliphatic carbocycles. The van der Waals surface area contributed by atoms with E-state index in [1.165, 1.54) is 0 Å². The Labute approximate surface area is 148 Å². The Morgan fingerprint density at radius 1 is 1.04 bits per heavy atom. The molecule has 0 N–H and O–H groups in total. The number of hydrogen-bond donors (Lipinski definition) is 0. The van der Waals surface area contributed by atoms with Crippen molar-refractivity contribution >= 4 is 5.97 Å². The number of nitrogens with zero attached hydrogens (tertiary/aromatic N) is 4. The molecule has 7 nitrogen and oxygen atoms in total. The highest BCUT2D eigenvalue weighted by Gasteiger charge is 2.12. The molecule has 0 spiro atoms. The summed E-state index contributed by atoms with van der Waals surface area (Å²) in [5.74, 6) is 0.238. The van der Waals surface area contributed by atoms with Gasteiger partial charge in [-0.2, -0.15) is 10.1 Å². The minimum atomic E-state index is -0.462. The Morgan fingerprint density at radius 3 is 2.58 bits per heavy atom. The predicted octanol–water partition coefficient (Wildman–Crippen LogP) is 3.28. The van der Waals surface area contributed by atoms with E-state index in [4.69, 9.17) is 9.26 Å². The summed E-state index contributed by atoms with van der Waals surface area (Å²) in [6.07, 6.45) is 3.52. The molecular formula is C19H14N4O3. The standard InChI is InChI=1S/C19H14N4O3/c24-19(15-7-9-16(10-8-15)23-12-4-11-20-23)25-13-17-21-18(22-26-17)14-5-2-1-3-6-14/h1-12H,13H2. The summed E-state index contributed by atoms with van der Waals surface area (Å²) in [7, 11) is 0. The highest BCUT2D eigenvalue weighted by atomic mass is 16.6. The fourth-order valence-corrected chi connectivity index (χ4v) is 2.40. The average Bonchev–Trinajstić information content (AvgIpc) is 3.39. The van der Waals surface area contributed by atoms with Gasteiger partial charge in [-0.1, -0.05) is 35.5 Å². The van der Waals surface area contributed by atoms with Crippen LogP contribution in [0, 0.1) is 0 Å². The molecule has 4 aromatic rings. The molecule has 7 heteroatoms. The van der Waals surface area contributed by atoms with Crippen LogP contribution in [0.15, 0.2) is 77.6 Å². The van der Waals surface area contributed by atoms with Gasteiger partial charge in [0.2, 0.25) is 5.82 Å². The molecule has 0 aliphatic heterocycles. The number of carbonyl (C=O) groups is 1. The van der Waals surface area contributed by atoms with Crippen LogP contribution in [0.2, 0.25) is 0 Å². The number of hydrogen-bond acceptors (Lipinski definition) is 6. The number of esters is 1. The van der Waals surface area contributed by atoms with Crippen LogP contribution in [0.5, 0.6) is 0 Å². The van der Waals surface area contributed by atoms with Crippen molar-refractivity contribution in [2.75, 3.05) is 0 Å². The topological polar surface area (TPSA) is 83.0 Å². The molecule has 0 aliphatic rings. The number of ether oxygens (including phenoxy) is 1. The number of rotatable bonds is 5. The zero-order chi connectivity index (χ0) is 17.8. The number of carbonyl (C=O) groups excluding carboxylic acids is 1. The molecular weight excluding hydrogens is 332 g/mol. The molecule has 2 aromatic carbocycles. The molecule has 0 bridgehead atoms. The first-order valence-corrected chi connectivity index (χ1v) is 7.95. The van der Waals surface area contributed by atoms with Gasteiger partial charge in [0, 0.05) is 18.0 Å². The van der Waals surface area contributed by atoms with Gasteiger partial charge in [-0.3, -0.25) is 0 Å². The van der Waals surface area contributed by atoms with Gasteiger partial charge in [0.15, 0.2) is 6.61 Å². The lowest BCUT2D eigenvalue weighted by Crippen LogP contribution is -2.06. The highest BCUT2D eigenvalue weighted by Crippen LogP contribution is 2.16. The van der Waals surface area contributed by atoms with Crippen molar-refractivity contribution in [1.82, 2.24) is 19.9 Å². The van der Waals surface area contributed by atoms with Crippen LogP contribution >= 0.6 is 0 Å². The van der Waals surface area contributed by atoms with Crippen LogP contribution in [0.1, 0.15) is 16.2 Å². The van der Waals surface area contributed by atoms with E-state index in [0.29, 0.717) is 11.4 Å². The largest absolute Gasteiger partial charge is 0.452 e. The van der Waals surface area contributed by atoms with E-state index >= 15 is 0 Å². The Hall–Kier alpha value is -3.74. The fraction of sp³-hybridized carbons (Fsp3) is 0.0526. The van der Waals surface area contributed by atoms with Crippen molar-refractivity contribution in [3.63, 3.8) is 0 Å². The Kier molecular flexibility index (Phi) is 4.26. The van der Waals surface area contributed by atoms with Gasteiger partial charge in [0.25, 0.3) is 5.89 Å². The summed E-state index contributed by atoms with van der Waals surface area (Å²) in [5, 5.41) is 8.03. The second-order valence-electron chi connectivity index (χ2n) is 5.45. The minimum absolute atomic E-state index is 0.0838. The first-order chi connectivity index (χ1) is 12.8. The molecule has 0 saturated heterocycles. The number of aromatic nitrogens is 4. The zero-order valence-corrected chi connectivity index (χ0v) is 13.6.